The van der Waals surface area contributed by atoms with Crippen LogP contribution >= 0.6 is 0 Å². The maximum atomic E-state index is 11.6. The van der Waals surface area contributed by atoms with Crippen molar-refractivity contribution in [2.45, 2.75) is 25.2 Å². The quantitative estimate of drug-likeness (QED) is 0.479. The summed E-state index contributed by atoms with van der Waals surface area (Å²) in [4.78, 5) is 28.8. The van der Waals surface area contributed by atoms with Crippen LogP contribution in [0.5, 0.6) is 5.88 Å². The fraction of sp³-hybridized carbons (Fsp3) is 0.312. The summed E-state index contributed by atoms with van der Waals surface area (Å²) in [5.74, 6) is -0.662. The molecule has 0 aliphatic carbocycles. The van der Waals surface area contributed by atoms with Gasteiger partial charge in [-0.05, 0) is 12.0 Å². The number of aromatic hydroxyl groups is 1. The van der Waals surface area contributed by atoms with Crippen molar-refractivity contribution in [1.29, 1.82) is 0 Å². The van der Waals surface area contributed by atoms with Gasteiger partial charge in [0.15, 0.2) is 0 Å². The lowest BCUT2D eigenvalue weighted by molar-refractivity contribution is 0.0111. The fourth-order valence-corrected chi connectivity index (χ4v) is 2.11. The minimum Gasteiger partial charge on any atom is -0.493 e. The number of aromatic amines is 1. The van der Waals surface area contributed by atoms with Gasteiger partial charge in [-0.2, -0.15) is 0 Å². The highest BCUT2D eigenvalue weighted by Crippen LogP contribution is 2.21. The van der Waals surface area contributed by atoms with Gasteiger partial charge in [-0.25, -0.2) is 9.78 Å². The van der Waals surface area contributed by atoms with Crippen molar-refractivity contribution in [2.24, 2.45) is 0 Å². The van der Waals surface area contributed by atoms with Crippen LogP contribution in [0.15, 0.2) is 41.5 Å². The summed E-state index contributed by atoms with van der Waals surface area (Å²) in [5.41, 5.74) is -0.352. The molecule has 9 heteroatoms. The van der Waals surface area contributed by atoms with E-state index >= 15 is 0 Å². The van der Waals surface area contributed by atoms with Crippen molar-refractivity contribution in [1.82, 2.24) is 15.3 Å². The molecule has 0 aliphatic rings. The van der Waals surface area contributed by atoms with Gasteiger partial charge in [0.25, 0.3) is 5.56 Å². The third kappa shape index (κ3) is 5.30. The molecule has 1 amide bonds. The number of nitrogens with one attached hydrogen (secondary N) is 2. The Kier molecular flexibility index (Phi) is 6.49. The van der Waals surface area contributed by atoms with Crippen molar-refractivity contribution < 1.29 is 24.9 Å². The average molecular weight is 349 g/mol. The molecule has 0 saturated heterocycles. The lowest BCUT2D eigenvalue weighted by Gasteiger charge is -2.17. The Labute approximate surface area is 142 Å². The van der Waals surface area contributed by atoms with Crippen LogP contribution in [0.4, 0.5) is 4.79 Å². The number of alkyl carbamates (subject to hydrolysis) is 1. The molecule has 0 radical (unpaired) electrons. The number of hydrogen-bond acceptors (Lipinski definition) is 7. The molecule has 25 heavy (non-hydrogen) atoms. The maximum absolute atomic E-state index is 11.6. The molecular weight excluding hydrogens is 330 g/mol. The summed E-state index contributed by atoms with van der Waals surface area (Å²) >= 11 is 0. The summed E-state index contributed by atoms with van der Waals surface area (Å²) < 4.78 is 4.99. The van der Waals surface area contributed by atoms with E-state index in [0.717, 1.165) is 11.9 Å². The largest absolute Gasteiger partial charge is 0.493 e. The van der Waals surface area contributed by atoms with Gasteiger partial charge in [0.05, 0.1) is 12.4 Å². The fourth-order valence-electron chi connectivity index (χ4n) is 2.11. The summed E-state index contributed by atoms with van der Waals surface area (Å²) in [6, 6.07) is 9.12. The van der Waals surface area contributed by atoms with Crippen molar-refractivity contribution in [3.05, 3.63) is 58.1 Å². The molecule has 2 aromatic rings. The second-order valence-electron chi connectivity index (χ2n) is 5.26. The van der Waals surface area contributed by atoms with Gasteiger partial charge in [-0.15, -0.1) is 0 Å². The van der Waals surface area contributed by atoms with Crippen LogP contribution in [0, 0.1) is 0 Å². The van der Waals surface area contributed by atoms with E-state index in [1.54, 1.807) is 0 Å². The number of H-pyrrole nitrogens is 1. The number of aromatic nitrogens is 2. The number of carbonyl (C=O) groups is 1. The molecule has 5 N–H and O–H groups in total. The van der Waals surface area contributed by atoms with Crippen LogP contribution in [-0.2, 0) is 11.3 Å². The van der Waals surface area contributed by atoms with Gasteiger partial charge in [0.1, 0.15) is 18.3 Å². The minimum absolute atomic E-state index is 0.00474. The Bertz CT molecular complexity index is 749. The van der Waals surface area contributed by atoms with Crippen molar-refractivity contribution in [2.75, 3.05) is 6.54 Å². The molecule has 0 aliphatic heterocycles. The van der Waals surface area contributed by atoms with E-state index in [1.165, 1.54) is 0 Å². The molecule has 9 nitrogen and oxygen atoms in total. The van der Waals surface area contributed by atoms with Gasteiger partial charge < -0.3 is 30.4 Å². The molecule has 2 unspecified atom stereocenters. The monoisotopic (exact) mass is 349 g/mol. The number of aliphatic hydroxyl groups is 2. The molecule has 0 saturated carbocycles. The number of rotatable bonds is 7. The molecule has 1 heterocycles. The van der Waals surface area contributed by atoms with E-state index in [9.17, 15) is 24.9 Å². The Morgan fingerprint density at radius 2 is 2.00 bits per heavy atom. The molecule has 2 rings (SSSR count). The highest BCUT2D eigenvalue weighted by molar-refractivity contribution is 5.67. The Balaban J connectivity index is 1.77. The Hall–Kier alpha value is -2.91. The molecule has 0 bridgehead atoms. The third-order valence-electron chi connectivity index (χ3n) is 3.45. The highest BCUT2D eigenvalue weighted by atomic mass is 16.5. The number of carbonyl (C=O) groups excluding carboxylic acids is 1. The number of aliphatic hydroxyl groups excluding tert-OH is 2. The predicted octanol–water partition coefficient (Wildman–Crippen LogP) is 0.186. The van der Waals surface area contributed by atoms with E-state index in [4.69, 9.17) is 4.74 Å². The maximum Gasteiger partial charge on any atom is 0.407 e. The van der Waals surface area contributed by atoms with Crippen LogP contribution in [0.3, 0.4) is 0 Å². The number of nitrogens with zero attached hydrogens (tertiary/aromatic N) is 1. The first-order valence-corrected chi connectivity index (χ1v) is 7.56. The van der Waals surface area contributed by atoms with Crippen LogP contribution in [0.1, 0.15) is 23.7 Å². The van der Waals surface area contributed by atoms with E-state index < -0.39 is 35.3 Å². The van der Waals surface area contributed by atoms with Crippen molar-refractivity contribution in [3.8, 4) is 5.88 Å². The molecule has 2 atom stereocenters. The van der Waals surface area contributed by atoms with Crippen LogP contribution in [0.2, 0.25) is 0 Å². The predicted molar refractivity (Wildman–Crippen MR) is 86.7 cm³/mol. The topological polar surface area (TPSA) is 145 Å². The van der Waals surface area contributed by atoms with Crippen molar-refractivity contribution in [3.63, 3.8) is 0 Å². The van der Waals surface area contributed by atoms with Crippen molar-refractivity contribution >= 4 is 6.09 Å². The molecule has 0 fully saturated rings. The molecule has 134 valence electrons. The van der Waals surface area contributed by atoms with Gasteiger partial charge >= 0.3 is 6.09 Å². The van der Waals surface area contributed by atoms with Crippen LogP contribution < -0.4 is 10.9 Å². The number of hydrogen-bond donors (Lipinski definition) is 5. The molecule has 1 aromatic heterocycles. The molecule has 1 aromatic carbocycles. The average Bonchev–Trinajstić information content (AvgIpc) is 2.60. The second-order valence-corrected chi connectivity index (χ2v) is 5.26. The summed E-state index contributed by atoms with van der Waals surface area (Å²) in [5, 5.41) is 31.8. The van der Waals surface area contributed by atoms with Gasteiger partial charge in [-0.1, -0.05) is 30.3 Å². The molecule has 0 spiro atoms. The summed E-state index contributed by atoms with van der Waals surface area (Å²) in [6.07, 6.45) is -2.78. The molecular formula is C16H19N3O6. The van der Waals surface area contributed by atoms with E-state index in [2.05, 4.69) is 15.3 Å². The summed E-state index contributed by atoms with van der Waals surface area (Å²) in [6.45, 7) is 0.113. The number of amides is 1. The Morgan fingerprint density at radius 1 is 1.28 bits per heavy atom. The lowest BCUT2D eigenvalue weighted by Crippen LogP contribution is -2.31. The Morgan fingerprint density at radius 3 is 2.68 bits per heavy atom. The van der Waals surface area contributed by atoms with Crippen LogP contribution in [0.25, 0.3) is 0 Å². The normalized spacial score (nSPS) is 13.0. The lowest BCUT2D eigenvalue weighted by atomic mass is 10.0. The smallest absolute Gasteiger partial charge is 0.407 e. The summed E-state index contributed by atoms with van der Waals surface area (Å²) in [7, 11) is 0. The zero-order valence-corrected chi connectivity index (χ0v) is 13.3. The SMILES string of the molecule is O=C(NCCC(O)C(O)c1c(O)nc[nH]c1=O)OCc1ccccc1. The first kappa shape index (κ1) is 18.4. The highest BCUT2D eigenvalue weighted by Gasteiger charge is 2.25. The standard InChI is InChI=1S/C16H19N3O6/c20-11(13(21)12-14(22)18-9-19-15(12)23)6-7-17-16(24)25-8-10-4-2-1-3-5-10/h1-5,9,11,13,20-21H,6-8H2,(H,17,24)(H2,18,19,22,23). The first-order chi connectivity index (χ1) is 12.0. The van der Waals surface area contributed by atoms with E-state index in [1.807, 2.05) is 30.3 Å². The van der Waals surface area contributed by atoms with Gasteiger partial charge in [0, 0.05) is 6.54 Å². The number of ether oxygens (including phenoxy) is 1. The van der Waals surface area contributed by atoms with Gasteiger partial charge in [-0.3, -0.25) is 4.79 Å². The minimum atomic E-state index is -1.64. The van der Waals surface area contributed by atoms with E-state index in [-0.39, 0.29) is 19.6 Å². The van der Waals surface area contributed by atoms with Gasteiger partial charge in [0.2, 0.25) is 5.88 Å². The first-order valence-electron chi connectivity index (χ1n) is 7.56. The zero-order chi connectivity index (χ0) is 18.2. The van der Waals surface area contributed by atoms with E-state index in [0.29, 0.717) is 0 Å². The zero-order valence-electron chi connectivity index (χ0n) is 13.3. The second kappa shape index (κ2) is 8.81. The third-order valence-corrected chi connectivity index (χ3v) is 3.45. The number of benzene rings is 1. The van der Waals surface area contributed by atoms with Crippen LogP contribution in [-0.4, -0.2) is 44.0 Å².